The van der Waals surface area contributed by atoms with E-state index >= 15 is 0 Å². The predicted octanol–water partition coefficient (Wildman–Crippen LogP) is 4.15. The fourth-order valence-corrected chi connectivity index (χ4v) is 1.91. The molecule has 7 heteroatoms. The number of ether oxygens (including phenoxy) is 1. The molecule has 0 aliphatic carbocycles. The van der Waals surface area contributed by atoms with E-state index in [1.54, 1.807) is 12.1 Å². The lowest BCUT2D eigenvalue weighted by molar-refractivity contribution is 0.418. The van der Waals surface area contributed by atoms with Gasteiger partial charge in [0.2, 0.25) is 0 Å². The fourth-order valence-electron chi connectivity index (χ4n) is 1.20. The third-order valence-corrected chi connectivity index (χ3v) is 2.81. The lowest BCUT2D eigenvalue weighted by Gasteiger charge is -2.08. The maximum Gasteiger partial charge on any atom is 0.258 e. The lowest BCUT2D eigenvalue weighted by atomic mass is 10.3. The van der Waals surface area contributed by atoms with Gasteiger partial charge in [0.15, 0.2) is 17.5 Å². The summed E-state index contributed by atoms with van der Waals surface area (Å²) in [6.07, 6.45) is 0. The van der Waals surface area contributed by atoms with E-state index in [1.165, 1.54) is 6.07 Å². The largest absolute Gasteiger partial charge is 0.435 e. The van der Waals surface area contributed by atoms with Crippen LogP contribution in [0.2, 0.25) is 5.02 Å². The molecular formula is C11H6BrClF2N2O. The predicted molar refractivity (Wildman–Crippen MR) is 67.8 cm³/mol. The third-order valence-electron chi connectivity index (χ3n) is 2.03. The monoisotopic (exact) mass is 334 g/mol. The molecule has 2 N–H and O–H groups in total. The number of halogens is 4. The van der Waals surface area contributed by atoms with Gasteiger partial charge in [-0.15, -0.1) is 0 Å². The molecule has 1 aromatic heterocycles. The van der Waals surface area contributed by atoms with Gasteiger partial charge in [0.1, 0.15) is 5.75 Å². The zero-order valence-corrected chi connectivity index (χ0v) is 11.1. The Morgan fingerprint density at radius 2 is 1.94 bits per heavy atom. The molecule has 0 spiro atoms. The van der Waals surface area contributed by atoms with E-state index in [0.717, 1.165) is 4.47 Å². The van der Waals surface area contributed by atoms with Gasteiger partial charge in [-0.25, -0.2) is 8.78 Å². The van der Waals surface area contributed by atoms with E-state index in [4.69, 9.17) is 22.1 Å². The number of benzene rings is 1. The van der Waals surface area contributed by atoms with Gasteiger partial charge in [0.25, 0.3) is 5.88 Å². The van der Waals surface area contributed by atoms with Gasteiger partial charge in [-0.3, -0.25) is 0 Å². The number of nitrogens with two attached hydrogens (primary N) is 1. The molecule has 0 atom stereocenters. The number of pyridine rings is 1. The van der Waals surface area contributed by atoms with Gasteiger partial charge in [-0.1, -0.05) is 27.5 Å². The summed E-state index contributed by atoms with van der Waals surface area (Å²) in [5.74, 6) is -2.59. The van der Waals surface area contributed by atoms with Gasteiger partial charge < -0.3 is 10.5 Å². The summed E-state index contributed by atoms with van der Waals surface area (Å²) in [6, 6.07) is 5.35. The Morgan fingerprint density at radius 1 is 1.22 bits per heavy atom. The average molecular weight is 336 g/mol. The molecule has 0 bridgehead atoms. The minimum Gasteiger partial charge on any atom is -0.435 e. The quantitative estimate of drug-likeness (QED) is 0.897. The van der Waals surface area contributed by atoms with E-state index in [0.29, 0.717) is 6.07 Å². The van der Waals surface area contributed by atoms with Crippen LogP contribution in [0.1, 0.15) is 0 Å². The first-order chi connectivity index (χ1) is 8.47. The summed E-state index contributed by atoms with van der Waals surface area (Å²) >= 11 is 9.11. The highest BCUT2D eigenvalue weighted by atomic mass is 79.9. The fraction of sp³-hybridized carbons (Fsp3) is 0. The van der Waals surface area contributed by atoms with Crippen molar-refractivity contribution in [3.05, 3.63) is 45.4 Å². The highest BCUT2D eigenvalue weighted by Crippen LogP contribution is 2.32. The molecule has 0 saturated carbocycles. The van der Waals surface area contributed by atoms with Crippen molar-refractivity contribution in [1.82, 2.24) is 4.98 Å². The molecule has 1 heterocycles. The summed E-state index contributed by atoms with van der Waals surface area (Å²) in [7, 11) is 0. The first kappa shape index (κ1) is 13.0. The number of hydrogen-bond acceptors (Lipinski definition) is 3. The highest BCUT2D eigenvalue weighted by molar-refractivity contribution is 9.10. The van der Waals surface area contributed by atoms with Crippen LogP contribution in [0.5, 0.6) is 11.6 Å². The summed E-state index contributed by atoms with van der Waals surface area (Å²) in [5, 5.41) is 0.258. The standard InChI is InChI=1S/C11H6BrClF2N2O/c12-5-1-2-9(6(13)3-5)18-11-8(15)4-7(14)10(16)17-11/h1-4H,(H2,16,17). The van der Waals surface area contributed by atoms with E-state index in [9.17, 15) is 8.78 Å². The van der Waals surface area contributed by atoms with Gasteiger partial charge in [-0.2, -0.15) is 4.98 Å². The normalized spacial score (nSPS) is 10.4. The Labute approximate surface area is 115 Å². The number of hydrogen-bond donors (Lipinski definition) is 1. The molecule has 0 amide bonds. The Hall–Kier alpha value is -1.40. The number of nitrogen functional groups attached to an aromatic ring is 1. The van der Waals surface area contributed by atoms with Crippen LogP contribution in [0.15, 0.2) is 28.7 Å². The van der Waals surface area contributed by atoms with Crippen LogP contribution in [0.3, 0.4) is 0 Å². The Balaban J connectivity index is 2.37. The van der Waals surface area contributed by atoms with Crippen LogP contribution in [0.25, 0.3) is 0 Å². The summed E-state index contributed by atoms with van der Waals surface area (Å²) < 4.78 is 32.2. The number of nitrogens with zero attached hydrogens (tertiary/aromatic N) is 1. The van der Waals surface area contributed by atoms with Crippen molar-refractivity contribution < 1.29 is 13.5 Å². The first-order valence-electron chi connectivity index (χ1n) is 4.72. The first-order valence-corrected chi connectivity index (χ1v) is 5.89. The Bertz CT molecular complexity index is 610. The van der Waals surface area contributed by atoms with Gasteiger partial charge in [0.05, 0.1) is 5.02 Å². The number of rotatable bonds is 2. The second-order valence-electron chi connectivity index (χ2n) is 3.32. The topological polar surface area (TPSA) is 48.1 Å². The van der Waals surface area contributed by atoms with Gasteiger partial charge >= 0.3 is 0 Å². The van der Waals surface area contributed by atoms with E-state index in [2.05, 4.69) is 20.9 Å². The van der Waals surface area contributed by atoms with Crippen molar-refractivity contribution in [3.8, 4) is 11.6 Å². The molecule has 2 aromatic rings. The maximum absolute atomic E-state index is 13.4. The Kier molecular flexibility index (Phi) is 3.68. The van der Waals surface area contributed by atoms with Crippen LogP contribution < -0.4 is 10.5 Å². The summed E-state index contributed by atoms with van der Waals surface area (Å²) in [5.41, 5.74) is 5.23. The van der Waals surface area contributed by atoms with Crippen LogP contribution in [-0.2, 0) is 0 Å². The van der Waals surface area contributed by atoms with Crippen LogP contribution in [0.4, 0.5) is 14.6 Å². The van der Waals surface area contributed by atoms with Crippen LogP contribution in [0, 0.1) is 11.6 Å². The molecule has 1 aromatic carbocycles. The molecule has 2 rings (SSSR count). The molecule has 0 aliphatic heterocycles. The molecule has 18 heavy (non-hydrogen) atoms. The van der Waals surface area contributed by atoms with Gasteiger partial charge in [0, 0.05) is 10.5 Å². The molecule has 94 valence electrons. The van der Waals surface area contributed by atoms with Crippen molar-refractivity contribution in [1.29, 1.82) is 0 Å². The highest BCUT2D eigenvalue weighted by Gasteiger charge is 2.13. The van der Waals surface area contributed by atoms with Crippen molar-refractivity contribution in [3.63, 3.8) is 0 Å². The molecule has 0 fully saturated rings. The van der Waals surface area contributed by atoms with Crippen LogP contribution in [-0.4, -0.2) is 4.98 Å². The third kappa shape index (κ3) is 2.70. The Morgan fingerprint density at radius 3 is 2.61 bits per heavy atom. The SMILES string of the molecule is Nc1nc(Oc2ccc(Br)cc2Cl)c(F)cc1F. The molecule has 0 unspecified atom stereocenters. The second kappa shape index (κ2) is 5.07. The lowest BCUT2D eigenvalue weighted by Crippen LogP contribution is -2.00. The zero-order chi connectivity index (χ0) is 13.3. The minimum atomic E-state index is -0.958. The van der Waals surface area contributed by atoms with Gasteiger partial charge in [-0.05, 0) is 18.2 Å². The van der Waals surface area contributed by atoms with E-state index in [1.807, 2.05) is 0 Å². The van der Waals surface area contributed by atoms with Crippen molar-refractivity contribution in [2.45, 2.75) is 0 Å². The molecular weight excluding hydrogens is 329 g/mol. The average Bonchev–Trinajstić information content (AvgIpc) is 2.29. The van der Waals surface area contributed by atoms with Crippen molar-refractivity contribution in [2.75, 3.05) is 5.73 Å². The van der Waals surface area contributed by atoms with Crippen molar-refractivity contribution in [2.24, 2.45) is 0 Å². The van der Waals surface area contributed by atoms with E-state index in [-0.39, 0.29) is 10.8 Å². The minimum absolute atomic E-state index is 0.192. The molecule has 0 radical (unpaired) electrons. The van der Waals surface area contributed by atoms with E-state index < -0.39 is 23.3 Å². The molecule has 3 nitrogen and oxygen atoms in total. The zero-order valence-electron chi connectivity index (χ0n) is 8.75. The number of anilines is 1. The second-order valence-corrected chi connectivity index (χ2v) is 4.64. The summed E-state index contributed by atoms with van der Waals surface area (Å²) in [4.78, 5) is 3.47. The number of aromatic nitrogens is 1. The maximum atomic E-state index is 13.4. The summed E-state index contributed by atoms with van der Waals surface area (Å²) in [6.45, 7) is 0. The van der Waals surface area contributed by atoms with Crippen molar-refractivity contribution >= 4 is 33.3 Å². The van der Waals surface area contributed by atoms with Crippen LogP contribution >= 0.6 is 27.5 Å². The molecule has 0 saturated heterocycles. The molecule has 0 aliphatic rings. The smallest absolute Gasteiger partial charge is 0.258 e.